The molecule has 0 bridgehead atoms. The number of aryl methyl sites for hydroxylation is 1. The largest absolute Gasteiger partial charge is 0.341 e. The van der Waals surface area contributed by atoms with Crippen molar-refractivity contribution in [1.82, 2.24) is 14.1 Å². The molecule has 37 heavy (non-hydrogen) atoms. The highest BCUT2D eigenvalue weighted by atomic mass is 35.5. The summed E-state index contributed by atoms with van der Waals surface area (Å²) < 4.78 is 3.77. The molecule has 0 unspecified atom stereocenters. The lowest BCUT2D eigenvalue weighted by Crippen LogP contribution is -2.44. The van der Waals surface area contributed by atoms with E-state index in [1.165, 1.54) is 0 Å². The number of imidazole rings is 1. The van der Waals surface area contributed by atoms with Crippen LogP contribution in [0.2, 0.25) is 5.02 Å². The number of pyridine rings is 1. The van der Waals surface area contributed by atoms with Crippen molar-refractivity contribution in [3.63, 3.8) is 0 Å². The van der Waals surface area contributed by atoms with E-state index >= 15 is 0 Å². The topological polar surface area (TPSA) is 69.1 Å². The van der Waals surface area contributed by atoms with Gasteiger partial charge in [-0.05, 0) is 41.7 Å². The van der Waals surface area contributed by atoms with Gasteiger partial charge in [-0.25, -0.2) is 4.98 Å². The van der Waals surface area contributed by atoms with Crippen molar-refractivity contribution in [3.05, 3.63) is 93.7 Å². The van der Waals surface area contributed by atoms with Crippen LogP contribution in [0.25, 0.3) is 33.1 Å². The highest BCUT2D eigenvalue weighted by Gasteiger charge is 2.26. The molecular weight excluding hydrogens is 505 g/mol. The van der Waals surface area contributed by atoms with E-state index in [1.807, 2.05) is 54.1 Å². The summed E-state index contributed by atoms with van der Waals surface area (Å²) in [6.07, 6.45) is 1.99. The fraction of sp³-hybridized carbons (Fsp3) is 0.241. The van der Waals surface area contributed by atoms with Crippen molar-refractivity contribution < 1.29 is 0 Å². The molecule has 6 nitrogen and oxygen atoms in total. The summed E-state index contributed by atoms with van der Waals surface area (Å²) in [5.74, 6) is 0.775. The van der Waals surface area contributed by atoms with Gasteiger partial charge in [0.25, 0.3) is 5.56 Å². The third-order valence-corrected chi connectivity index (χ3v) is 7.57. The first-order chi connectivity index (χ1) is 17.5. The summed E-state index contributed by atoms with van der Waals surface area (Å²) in [6.45, 7) is 2.03. The highest BCUT2D eigenvalue weighted by Crippen LogP contribution is 2.32. The maximum atomic E-state index is 13.9. The van der Waals surface area contributed by atoms with Gasteiger partial charge >= 0.3 is 0 Å². The van der Waals surface area contributed by atoms with Crippen molar-refractivity contribution in [2.45, 2.75) is 25.4 Å². The van der Waals surface area contributed by atoms with Crippen molar-refractivity contribution in [3.8, 4) is 11.1 Å². The molecule has 1 aliphatic rings. The molecule has 0 saturated carbocycles. The lowest BCUT2D eigenvalue weighted by molar-refractivity contribution is 0.495. The van der Waals surface area contributed by atoms with E-state index in [1.54, 1.807) is 4.57 Å². The second-order valence-corrected chi connectivity index (χ2v) is 10.0. The zero-order valence-corrected chi connectivity index (χ0v) is 22.2. The molecule has 1 atom stereocenters. The summed E-state index contributed by atoms with van der Waals surface area (Å²) in [4.78, 5) is 21.2. The summed E-state index contributed by atoms with van der Waals surface area (Å²) >= 11 is 6.54. The lowest BCUT2D eigenvalue weighted by Gasteiger charge is -2.32. The van der Waals surface area contributed by atoms with Crippen LogP contribution in [0, 0.1) is 0 Å². The van der Waals surface area contributed by atoms with Crippen molar-refractivity contribution >= 4 is 51.9 Å². The number of nitrogens with two attached hydrogens (primary N) is 1. The van der Waals surface area contributed by atoms with Crippen molar-refractivity contribution in [2.75, 3.05) is 18.0 Å². The fourth-order valence-electron chi connectivity index (χ4n) is 5.31. The molecule has 0 aliphatic carbocycles. The van der Waals surface area contributed by atoms with E-state index < -0.39 is 0 Å². The Labute approximate surface area is 226 Å². The number of anilines is 1. The maximum absolute atomic E-state index is 13.9. The zero-order valence-electron chi connectivity index (χ0n) is 20.6. The van der Waals surface area contributed by atoms with E-state index in [2.05, 4.69) is 35.2 Å². The Kier molecular flexibility index (Phi) is 6.99. The van der Waals surface area contributed by atoms with Gasteiger partial charge in [0, 0.05) is 36.6 Å². The lowest BCUT2D eigenvalue weighted by atomic mass is 10.0. The molecule has 190 valence electrons. The number of hydrogen-bond donors (Lipinski definition) is 1. The normalized spacial score (nSPS) is 15.8. The molecule has 0 spiro atoms. The zero-order chi connectivity index (χ0) is 24.8. The Morgan fingerprint density at radius 3 is 2.54 bits per heavy atom. The summed E-state index contributed by atoms with van der Waals surface area (Å²) in [5.41, 5.74) is 11.5. The van der Waals surface area contributed by atoms with Crippen LogP contribution in [0.5, 0.6) is 0 Å². The molecule has 8 heteroatoms. The summed E-state index contributed by atoms with van der Waals surface area (Å²) in [6, 6.07) is 24.3. The van der Waals surface area contributed by atoms with Gasteiger partial charge in [0.15, 0.2) is 0 Å². The van der Waals surface area contributed by atoms with Crippen LogP contribution in [0.15, 0.2) is 77.6 Å². The molecule has 1 aliphatic heterocycles. The van der Waals surface area contributed by atoms with Gasteiger partial charge in [-0.15, -0.1) is 12.4 Å². The SMILES string of the molecule is Cl.Cn1c(=O)c2c(nc(N3CCC[C@@H](N)C3)n2Cc2ccccc2Cl)c2ccc(-c3ccccc3)cc21. The van der Waals surface area contributed by atoms with Gasteiger partial charge in [0.1, 0.15) is 11.0 Å². The Morgan fingerprint density at radius 2 is 1.78 bits per heavy atom. The number of aromatic nitrogens is 3. The first kappa shape index (κ1) is 25.3. The van der Waals surface area contributed by atoms with Crippen molar-refractivity contribution in [2.24, 2.45) is 12.8 Å². The Balaban J connectivity index is 0.00000280. The van der Waals surface area contributed by atoms with Crippen LogP contribution >= 0.6 is 24.0 Å². The molecule has 1 saturated heterocycles. The number of piperidine rings is 1. The van der Waals surface area contributed by atoms with Crippen LogP contribution in [0.3, 0.4) is 0 Å². The fourth-order valence-corrected chi connectivity index (χ4v) is 5.51. The highest BCUT2D eigenvalue weighted by molar-refractivity contribution is 6.31. The molecule has 1 fully saturated rings. The van der Waals surface area contributed by atoms with E-state index in [4.69, 9.17) is 22.3 Å². The van der Waals surface area contributed by atoms with Crippen molar-refractivity contribution in [1.29, 1.82) is 0 Å². The molecule has 2 N–H and O–H groups in total. The summed E-state index contributed by atoms with van der Waals surface area (Å²) in [5, 5.41) is 1.62. The molecular formula is C29H29Cl2N5O. The van der Waals surface area contributed by atoms with Gasteiger partial charge < -0.3 is 19.8 Å². The maximum Gasteiger partial charge on any atom is 0.277 e. The van der Waals surface area contributed by atoms with E-state index in [0.717, 1.165) is 52.9 Å². The third kappa shape index (κ3) is 4.50. The minimum atomic E-state index is -0.0742. The number of benzene rings is 3. The molecule has 0 radical (unpaired) electrons. The van der Waals surface area contributed by atoms with Gasteiger partial charge in [-0.3, -0.25) is 4.79 Å². The van der Waals surface area contributed by atoms with Gasteiger partial charge in [0.2, 0.25) is 5.95 Å². The molecule has 6 rings (SSSR count). The van der Waals surface area contributed by atoms with Gasteiger partial charge in [-0.1, -0.05) is 72.3 Å². The van der Waals surface area contributed by atoms with Crippen LogP contribution in [-0.2, 0) is 13.6 Å². The van der Waals surface area contributed by atoms with Gasteiger partial charge in [-0.2, -0.15) is 0 Å². The van der Waals surface area contributed by atoms with E-state index in [-0.39, 0.29) is 24.0 Å². The number of nitrogens with zero attached hydrogens (tertiary/aromatic N) is 4. The Hall–Kier alpha value is -3.32. The van der Waals surface area contributed by atoms with Crippen LogP contribution in [0.1, 0.15) is 18.4 Å². The first-order valence-corrected chi connectivity index (χ1v) is 12.7. The second-order valence-electron chi connectivity index (χ2n) is 9.60. The molecule has 5 aromatic rings. The Bertz CT molecular complexity index is 1640. The standard InChI is InChI=1S/C29H28ClN5O.ClH/c1-33-25-16-20(19-8-3-2-4-9-19)13-14-23(25)26-27(28(33)36)35(17-21-10-5-6-12-24(21)30)29(32-26)34-15-7-11-22(31)18-34;/h2-6,8-10,12-14,16,22H,7,11,15,17-18,31H2,1H3;1H/t22-;/m1./s1. The predicted octanol–water partition coefficient (Wildman–Crippen LogP) is 5.61. The van der Waals surface area contributed by atoms with Gasteiger partial charge in [0.05, 0.1) is 12.1 Å². The molecule has 3 heterocycles. The average Bonchev–Trinajstić information content (AvgIpc) is 3.28. The minimum absolute atomic E-state index is 0. The smallest absolute Gasteiger partial charge is 0.277 e. The van der Waals surface area contributed by atoms with E-state index in [0.29, 0.717) is 29.1 Å². The number of rotatable bonds is 4. The second kappa shape index (κ2) is 10.2. The number of hydrogen-bond acceptors (Lipinski definition) is 4. The molecule has 0 amide bonds. The number of halogens is 2. The first-order valence-electron chi connectivity index (χ1n) is 12.3. The van der Waals surface area contributed by atoms with Crippen LogP contribution in [0.4, 0.5) is 5.95 Å². The monoisotopic (exact) mass is 533 g/mol. The molecule has 3 aromatic carbocycles. The molecule has 2 aromatic heterocycles. The van der Waals surface area contributed by atoms with Crippen LogP contribution in [-0.4, -0.2) is 33.2 Å². The summed E-state index contributed by atoms with van der Waals surface area (Å²) in [7, 11) is 1.84. The minimum Gasteiger partial charge on any atom is -0.341 e. The van der Waals surface area contributed by atoms with E-state index in [9.17, 15) is 4.79 Å². The predicted molar refractivity (Wildman–Crippen MR) is 155 cm³/mol. The van der Waals surface area contributed by atoms with Crippen LogP contribution < -0.4 is 16.2 Å². The Morgan fingerprint density at radius 1 is 1.03 bits per heavy atom. The quantitative estimate of drug-likeness (QED) is 0.326. The average molecular weight is 534 g/mol. The third-order valence-electron chi connectivity index (χ3n) is 7.20. The number of fused-ring (bicyclic) bond motifs is 3.